The van der Waals surface area contributed by atoms with E-state index in [-0.39, 0.29) is 24.2 Å². The predicted molar refractivity (Wildman–Crippen MR) is 91.4 cm³/mol. The van der Waals surface area contributed by atoms with Gasteiger partial charge in [-0.25, -0.2) is 0 Å². The van der Waals surface area contributed by atoms with E-state index in [9.17, 15) is 9.59 Å². The molecule has 0 spiro atoms. The smallest absolute Gasteiger partial charge is 0.229 e. The van der Waals surface area contributed by atoms with Crippen LogP contribution in [0.5, 0.6) is 0 Å². The second-order valence-corrected chi connectivity index (χ2v) is 6.00. The first-order valence-corrected chi connectivity index (χ1v) is 7.79. The summed E-state index contributed by atoms with van der Waals surface area (Å²) < 4.78 is 0. The van der Waals surface area contributed by atoms with Crippen LogP contribution < -0.4 is 10.2 Å². The summed E-state index contributed by atoms with van der Waals surface area (Å²) in [5, 5.41) is 3.00. The molecule has 0 radical (unpaired) electrons. The summed E-state index contributed by atoms with van der Waals surface area (Å²) in [5.74, 6) is -0.409. The highest BCUT2D eigenvalue weighted by Crippen LogP contribution is 2.27. The molecule has 1 atom stereocenters. The van der Waals surface area contributed by atoms with Gasteiger partial charge in [0, 0.05) is 24.3 Å². The lowest BCUT2D eigenvalue weighted by Gasteiger charge is -2.17. The molecule has 1 fully saturated rings. The quantitative estimate of drug-likeness (QED) is 0.946. The molecule has 3 rings (SSSR count). The summed E-state index contributed by atoms with van der Waals surface area (Å²) in [6, 6.07) is 15.4. The average Bonchev–Trinajstić information content (AvgIpc) is 2.94. The van der Waals surface area contributed by atoms with Gasteiger partial charge in [0.15, 0.2) is 0 Å². The van der Waals surface area contributed by atoms with Gasteiger partial charge in [0.05, 0.1) is 5.92 Å². The van der Waals surface area contributed by atoms with Crippen LogP contribution in [0.4, 0.5) is 11.4 Å². The van der Waals surface area contributed by atoms with Gasteiger partial charge in [-0.15, -0.1) is 0 Å². The van der Waals surface area contributed by atoms with Crippen LogP contribution in [-0.2, 0) is 9.59 Å². The first-order valence-electron chi connectivity index (χ1n) is 7.79. The maximum absolute atomic E-state index is 12.6. The van der Waals surface area contributed by atoms with Crippen molar-refractivity contribution in [3.05, 3.63) is 59.7 Å². The highest BCUT2D eigenvalue weighted by atomic mass is 16.2. The monoisotopic (exact) mass is 308 g/mol. The number of aryl methyl sites for hydroxylation is 2. The highest BCUT2D eigenvalue weighted by molar-refractivity contribution is 6.03. The number of nitrogens with zero attached hydrogens (tertiary/aromatic N) is 1. The van der Waals surface area contributed by atoms with E-state index in [0.29, 0.717) is 6.54 Å². The molecular weight excluding hydrogens is 288 g/mol. The standard InChI is InChI=1S/C19H20N2O2/c1-13-7-6-8-14(2)18(13)20-19(23)15-11-17(22)21(12-15)16-9-4-3-5-10-16/h3-10,15H,11-12H2,1-2H3,(H,20,23)/t15-/m0/s1. The topological polar surface area (TPSA) is 49.4 Å². The molecule has 2 aromatic carbocycles. The fourth-order valence-electron chi connectivity index (χ4n) is 2.98. The van der Waals surface area contributed by atoms with Crippen LogP contribution >= 0.6 is 0 Å². The Balaban J connectivity index is 1.73. The van der Waals surface area contributed by atoms with Crippen LogP contribution in [0, 0.1) is 19.8 Å². The summed E-state index contributed by atoms with van der Waals surface area (Å²) in [4.78, 5) is 26.5. The molecule has 1 saturated heterocycles. The van der Waals surface area contributed by atoms with Gasteiger partial charge in [-0.3, -0.25) is 9.59 Å². The third kappa shape index (κ3) is 3.11. The van der Waals surface area contributed by atoms with E-state index in [0.717, 1.165) is 22.5 Å². The van der Waals surface area contributed by atoms with E-state index in [4.69, 9.17) is 0 Å². The number of carbonyl (C=O) groups excluding carboxylic acids is 2. The van der Waals surface area contributed by atoms with Crippen molar-refractivity contribution < 1.29 is 9.59 Å². The Morgan fingerprint density at radius 2 is 1.70 bits per heavy atom. The fraction of sp³-hybridized carbons (Fsp3) is 0.263. The van der Waals surface area contributed by atoms with Crippen LogP contribution in [0.1, 0.15) is 17.5 Å². The third-order valence-corrected chi connectivity index (χ3v) is 4.29. The fourth-order valence-corrected chi connectivity index (χ4v) is 2.98. The van der Waals surface area contributed by atoms with E-state index in [1.54, 1.807) is 4.90 Å². The van der Waals surface area contributed by atoms with Crippen LogP contribution in [0.3, 0.4) is 0 Å². The molecule has 4 heteroatoms. The minimum absolute atomic E-state index is 0.00199. The summed E-state index contributed by atoms with van der Waals surface area (Å²) in [5.41, 5.74) is 3.76. The molecule has 1 N–H and O–H groups in total. The molecule has 1 aliphatic rings. The van der Waals surface area contributed by atoms with E-state index in [2.05, 4.69) is 5.32 Å². The molecule has 0 bridgehead atoms. The van der Waals surface area contributed by atoms with Crippen molar-refractivity contribution >= 4 is 23.2 Å². The van der Waals surface area contributed by atoms with Gasteiger partial charge in [0.2, 0.25) is 11.8 Å². The van der Waals surface area contributed by atoms with Crippen molar-refractivity contribution in [1.29, 1.82) is 0 Å². The first-order chi connectivity index (χ1) is 11.1. The van der Waals surface area contributed by atoms with Gasteiger partial charge in [-0.1, -0.05) is 36.4 Å². The summed E-state index contributed by atoms with van der Waals surface area (Å²) in [6.07, 6.45) is 0.256. The Hall–Kier alpha value is -2.62. The third-order valence-electron chi connectivity index (χ3n) is 4.29. The largest absolute Gasteiger partial charge is 0.325 e. The van der Waals surface area contributed by atoms with E-state index in [1.807, 2.05) is 62.4 Å². The molecule has 118 valence electrons. The van der Waals surface area contributed by atoms with Crippen molar-refractivity contribution in [3.8, 4) is 0 Å². The Morgan fingerprint density at radius 1 is 1.04 bits per heavy atom. The first kappa shape index (κ1) is 15.3. The zero-order valence-corrected chi connectivity index (χ0v) is 13.4. The summed E-state index contributed by atoms with van der Waals surface area (Å²) >= 11 is 0. The summed E-state index contributed by atoms with van der Waals surface area (Å²) in [6.45, 7) is 4.37. The molecule has 23 heavy (non-hydrogen) atoms. The normalized spacial score (nSPS) is 17.4. The number of benzene rings is 2. The van der Waals surface area contributed by atoms with Gasteiger partial charge in [-0.05, 0) is 37.1 Å². The van der Waals surface area contributed by atoms with Gasteiger partial charge in [-0.2, -0.15) is 0 Å². The van der Waals surface area contributed by atoms with Crippen molar-refractivity contribution in [2.24, 2.45) is 5.92 Å². The van der Waals surface area contributed by atoms with Gasteiger partial charge in [0.1, 0.15) is 0 Å². The number of anilines is 2. The second kappa shape index (κ2) is 6.24. The highest BCUT2D eigenvalue weighted by Gasteiger charge is 2.35. The van der Waals surface area contributed by atoms with Crippen LogP contribution in [0.15, 0.2) is 48.5 Å². The number of hydrogen-bond acceptors (Lipinski definition) is 2. The molecule has 1 heterocycles. The molecule has 0 aromatic heterocycles. The zero-order valence-electron chi connectivity index (χ0n) is 13.4. The Kier molecular flexibility index (Phi) is 4.15. The number of hydrogen-bond donors (Lipinski definition) is 1. The molecule has 2 aromatic rings. The number of nitrogens with one attached hydrogen (secondary N) is 1. The van der Waals surface area contributed by atoms with Crippen LogP contribution in [0.25, 0.3) is 0 Å². The molecule has 0 unspecified atom stereocenters. The van der Waals surface area contributed by atoms with Crippen LogP contribution in [-0.4, -0.2) is 18.4 Å². The predicted octanol–water partition coefficient (Wildman–Crippen LogP) is 3.30. The summed E-state index contributed by atoms with van der Waals surface area (Å²) in [7, 11) is 0. The molecule has 2 amide bonds. The SMILES string of the molecule is Cc1cccc(C)c1NC(=O)[C@H]1CC(=O)N(c2ccccc2)C1. The van der Waals surface area contributed by atoms with Crippen LogP contribution in [0.2, 0.25) is 0 Å². The minimum atomic E-state index is -0.318. The number of amides is 2. The molecule has 1 aliphatic heterocycles. The molecule has 0 aliphatic carbocycles. The lowest BCUT2D eigenvalue weighted by Crippen LogP contribution is -2.28. The molecule has 4 nitrogen and oxygen atoms in total. The van der Waals surface area contributed by atoms with E-state index < -0.39 is 0 Å². The molecular formula is C19H20N2O2. The van der Waals surface area contributed by atoms with Crippen molar-refractivity contribution in [1.82, 2.24) is 0 Å². The van der Waals surface area contributed by atoms with Crippen molar-refractivity contribution in [2.45, 2.75) is 20.3 Å². The van der Waals surface area contributed by atoms with E-state index in [1.165, 1.54) is 0 Å². The average molecular weight is 308 g/mol. The second-order valence-electron chi connectivity index (χ2n) is 6.00. The van der Waals surface area contributed by atoms with Gasteiger partial charge < -0.3 is 10.2 Å². The Bertz CT molecular complexity index is 720. The zero-order chi connectivity index (χ0) is 16.4. The van der Waals surface area contributed by atoms with Gasteiger partial charge >= 0.3 is 0 Å². The Labute approximate surface area is 136 Å². The maximum atomic E-state index is 12.6. The maximum Gasteiger partial charge on any atom is 0.229 e. The number of carbonyl (C=O) groups is 2. The Morgan fingerprint density at radius 3 is 2.35 bits per heavy atom. The lowest BCUT2D eigenvalue weighted by molar-refractivity contribution is -0.122. The number of rotatable bonds is 3. The number of para-hydroxylation sites is 2. The minimum Gasteiger partial charge on any atom is -0.325 e. The van der Waals surface area contributed by atoms with E-state index >= 15 is 0 Å². The van der Waals surface area contributed by atoms with Crippen molar-refractivity contribution in [2.75, 3.05) is 16.8 Å². The lowest BCUT2D eigenvalue weighted by atomic mass is 10.1. The van der Waals surface area contributed by atoms with Gasteiger partial charge in [0.25, 0.3) is 0 Å². The van der Waals surface area contributed by atoms with Crippen molar-refractivity contribution in [3.63, 3.8) is 0 Å². The molecule has 0 saturated carbocycles.